The summed E-state index contributed by atoms with van der Waals surface area (Å²) in [7, 11) is 0. The van der Waals surface area contributed by atoms with Gasteiger partial charge >= 0.3 is 0 Å². The predicted octanol–water partition coefficient (Wildman–Crippen LogP) is 5.04. The van der Waals surface area contributed by atoms with Crippen LogP contribution < -0.4 is 5.32 Å². The maximum atomic E-state index is 6.23. The van der Waals surface area contributed by atoms with E-state index in [2.05, 4.69) is 20.2 Å². The van der Waals surface area contributed by atoms with Crippen LogP contribution in [0.15, 0.2) is 0 Å². The predicted molar refractivity (Wildman–Crippen MR) is 110 cm³/mol. The highest BCUT2D eigenvalue weighted by atomic mass is 35.5. The molecule has 0 aromatic carbocycles. The molecule has 2 aromatic heterocycles. The molecule has 0 amide bonds. The van der Waals surface area contributed by atoms with E-state index in [-0.39, 0.29) is 0 Å². The molecule has 140 valence electrons. The van der Waals surface area contributed by atoms with Crippen LogP contribution in [-0.4, -0.2) is 40.0 Å². The average molecular weight is 391 g/mol. The molecule has 3 heterocycles. The number of anilines is 1. The van der Waals surface area contributed by atoms with Crippen molar-refractivity contribution in [3.05, 3.63) is 15.7 Å². The third-order valence-corrected chi connectivity index (χ3v) is 7.84. The number of hydrogen-bond acceptors (Lipinski definition) is 5. The molecule has 4 nitrogen and oxygen atoms in total. The molecule has 1 aliphatic heterocycles. The fourth-order valence-electron chi connectivity index (χ4n) is 5.14. The minimum Gasteiger partial charge on any atom is -0.367 e. The lowest BCUT2D eigenvalue weighted by molar-refractivity contribution is 0.127. The fraction of sp³-hybridized carbons (Fsp3) is 0.700. The first kappa shape index (κ1) is 17.2. The third kappa shape index (κ3) is 3.23. The molecule has 1 saturated carbocycles. The number of piperidine rings is 1. The second-order valence-corrected chi connectivity index (χ2v) is 9.55. The van der Waals surface area contributed by atoms with Crippen LogP contribution in [0.25, 0.3) is 10.2 Å². The van der Waals surface area contributed by atoms with Gasteiger partial charge < -0.3 is 10.2 Å². The average Bonchev–Trinajstić information content (AvgIpc) is 3.23. The number of aryl methyl sites for hydroxylation is 2. The van der Waals surface area contributed by atoms with Crippen LogP contribution in [0.5, 0.6) is 0 Å². The van der Waals surface area contributed by atoms with Gasteiger partial charge in [0, 0.05) is 17.0 Å². The van der Waals surface area contributed by atoms with Gasteiger partial charge in [-0.3, -0.25) is 0 Å². The van der Waals surface area contributed by atoms with E-state index in [4.69, 9.17) is 11.6 Å². The zero-order valence-electron chi connectivity index (χ0n) is 15.3. The lowest BCUT2D eigenvalue weighted by Crippen LogP contribution is -2.43. The Morgan fingerprint density at radius 2 is 1.77 bits per heavy atom. The van der Waals surface area contributed by atoms with E-state index in [0.29, 0.717) is 11.3 Å². The SMILES string of the molecule is Clc1nc(NC2CCC(N3CCCCC3)CC2)c2c3c(sc2n1)CCC3. The number of nitrogens with one attached hydrogen (secondary N) is 1. The van der Waals surface area contributed by atoms with Crippen LogP contribution in [0, 0.1) is 0 Å². The fourth-order valence-corrected chi connectivity index (χ4v) is 6.62. The highest BCUT2D eigenvalue weighted by Crippen LogP contribution is 2.40. The van der Waals surface area contributed by atoms with Gasteiger partial charge in [0.15, 0.2) is 0 Å². The summed E-state index contributed by atoms with van der Waals surface area (Å²) in [5, 5.41) is 5.39. The number of halogens is 1. The van der Waals surface area contributed by atoms with Crippen LogP contribution in [0.4, 0.5) is 5.82 Å². The molecule has 26 heavy (non-hydrogen) atoms. The lowest BCUT2D eigenvalue weighted by atomic mass is 9.89. The Balaban J connectivity index is 1.31. The van der Waals surface area contributed by atoms with Crippen molar-refractivity contribution in [1.82, 2.24) is 14.9 Å². The first-order chi connectivity index (χ1) is 12.8. The summed E-state index contributed by atoms with van der Waals surface area (Å²) in [6.45, 7) is 2.62. The summed E-state index contributed by atoms with van der Waals surface area (Å²) < 4.78 is 0. The Bertz CT molecular complexity index is 791. The van der Waals surface area contributed by atoms with E-state index in [1.807, 2.05) is 11.3 Å². The van der Waals surface area contributed by atoms with Crippen molar-refractivity contribution in [3.63, 3.8) is 0 Å². The normalized spacial score (nSPS) is 27.0. The molecular weight excluding hydrogens is 364 g/mol. The number of nitrogens with zero attached hydrogens (tertiary/aromatic N) is 3. The largest absolute Gasteiger partial charge is 0.367 e. The Morgan fingerprint density at radius 3 is 2.58 bits per heavy atom. The van der Waals surface area contributed by atoms with Crippen molar-refractivity contribution in [2.24, 2.45) is 0 Å². The smallest absolute Gasteiger partial charge is 0.225 e. The van der Waals surface area contributed by atoms with Crippen molar-refractivity contribution < 1.29 is 0 Å². The molecular formula is C20H27ClN4S. The van der Waals surface area contributed by atoms with Crippen molar-refractivity contribution in [2.75, 3.05) is 18.4 Å². The molecule has 0 atom stereocenters. The molecule has 1 saturated heterocycles. The van der Waals surface area contributed by atoms with Crippen molar-refractivity contribution in [3.8, 4) is 0 Å². The standard InChI is InChI=1S/C20H27ClN4S/c21-20-23-18(17-15-5-4-6-16(15)26-19(17)24-20)22-13-7-9-14(10-8-13)25-11-2-1-3-12-25/h13-14H,1-12H2,(H,22,23,24). The number of rotatable bonds is 3. The topological polar surface area (TPSA) is 41.1 Å². The van der Waals surface area contributed by atoms with E-state index >= 15 is 0 Å². The summed E-state index contributed by atoms with van der Waals surface area (Å²) >= 11 is 8.04. The molecule has 2 aromatic rings. The molecule has 2 fully saturated rings. The Hall–Kier alpha value is -0.910. The number of likely N-dealkylation sites (tertiary alicyclic amines) is 1. The molecule has 0 unspecified atom stereocenters. The van der Waals surface area contributed by atoms with Crippen LogP contribution in [0.3, 0.4) is 0 Å². The summed E-state index contributed by atoms with van der Waals surface area (Å²) in [4.78, 5) is 14.4. The second-order valence-electron chi connectivity index (χ2n) is 8.13. The molecule has 3 aliphatic rings. The lowest BCUT2D eigenvalue weighted by Gasteiger charge is -2.39. The van der Waals surface area contributed by atoms with Crippen LogP contribution >= 0.6 is 22.9 Å². The summed E-state index contributed by atoms with van der Waals surface area (Å²) in [5.41, 5.74) is 1.48. The highest BCUT2D eigenvalue weighted by molar-refractivity contribution is 7.19. The van der Waals surface area contributed by atoms with E-state index in [1.54, 1.807) is 0 Å². The van der Waals surface area contributed by atoms with E-state index in [1.165, 1.54) is 86.7 Å². The van der Waals surface area contributed by atoms with Gasteiger partial charge in [0.2, 0.25) is 5.28 Å². The number of hydrogen-bond donors (Lipinski definition) is 1. The van der Waals surface area contributed by atoms with Crippen molar-refractivity contribution in [1.29, 1.82) is 0 Å². The minimum absolute atomic E-state index is 0.377. The van der Waals surface area contributed by atoms with Gasteiger partial charge in [-0.15, -0.1) is 11.3 Å². The first-order valence-electron chi connectivity index (χ1n) is 10.3. The number of aromatic nitrogens is 2. The molecule has 1 N–H and O–H groups in total. The molecule has 5 rings (SSSR count). The molecule has 0 spiro atoms. The van der Waals surface area contributed by atoms with E-state index in [0.717, 1.165) is 23.1 Å². The van der Waals surface area contributed by atoms with Crippen LogP contribution in [-0.2, 0) is 12.8 Å². The third-order valence-electron chi connectivity index (χ3n) is 6.48. The van der Waals surface area contributed by atoms with Gasteiger partial charge in [0.1, 0.15) is 10.6 Å². The molecule has 2 aliphatic carbocycles. The van der Waals surface area contributed by atoms with Crippen molar-refractivity contribution >= 4 is 39.0 Å². The van der Waals surface area contributed by atoms with Gasteiger partial charge in [0.05, 0.1) is 5.39 Å². The summed E-state index contributed by atoms with van der Waals surface area (Å²) in [6.07, 6.45) is 12.9. The molecule has 0 radical (unpaired) electrons. The van der Waals surface area contributed by atoms with Gasteiger partial charge in [-0.2, -0.15) is 0 Å². The summed E-state index contributed by atoms with van der Waals surface area (Å²) in [6, 6.07) is 1.31. The quantitative estimate of drug-likeness (QED) is 0.745. The highest BCUT2D eigenvalue weighted by Gasteiger charge is 2.28. The monoisotopic (exact) mass is 390 g/mol. The van der Waals surface area contributed by atoms with Gasteiger partial charge in [-0.05, 0) is 88.0 Å². The second kappa shape index (κ2) is 7.25. The first-order valence-corrected chi connectivity index (χ1v) is 11.5. The Labute approximate surface area is 164 Å². The molecule has 6 heteroatoms. The zero-order valence-corrected chi connectivity index (χ0v) is 16.8. The van der Waals surface area contributed by atoms with Crippen LogP contribution in [0.1, 0.15) is 61.8 Å². The Morgan fingerprint density at radius 1 is 0.962 bits per heavy atom. The molecule has 0 bridgehead atoms. The zero-order chi connectivity index (χ0) is 17.5. The maximum absolute atomic E-state index is 6.23. The van der Waals surface area contributed by atoms with E-state index in [9.17, 15) is 0 Å². The number of thiophene rings is 1. The summed E-state index contributed by atoms with van der Waals surface area (Å²) in [5.74, 6) is 0.987. The minimum atomic E-state index is 0.377. The van der Waals surface area contributed by atoms with Gasteiger partial charge in [0.25, 0.3) is 0 Å². The van der Waals surface area contributed by atoms with Crippen LogP contribution in [0.2, 0.25) is 5.28 Å². The van der Waals surface area contributed by atoms with Gasteiger partial charge in [-0.25, -0.2) is 9.97 Å². The number of fused-ring (bicyclic) bond motifs is 3. The van der Waals surface area contributed by atoms with Gasteiger partial charge in [-0.1, -0.05) is 6.42 Å². The Kier molecular flexibility index (Phi) is 4.80. The maximum Gasteiger partial charge on any atom is 0.225 e. The van der Waals surface area contributed by atoms with Crippen molar-refractivity contribution in [2.45, 2.75) is 76.3 Å². The van der Waals surface area contributed by atoms with E-state index < -0.39 is 0 Å².